The lowest BCUT2D eigenvalue weighted by molar-refractivity contribution is -0.140. The summed E-state index contributed by atoms with van der Waals surface area (Å²) in [6.45, 7) is 5.87. The number of hydrogen-bond donors (Lipinski definition) is 3. The third-order valence-corrected chi connectivity index (χ3v) is 2.99. The van der Waals surface area contributed by atoms with E-state index in [1.807, 2.05) is 32.9 Å². The second-order valence-corrected chi connectivity index (χ2v) is 5.83. The molecule has 0 radical (unpaired) electrons. The highest BCUT2D eigenvalue weighted by Crippen LogP contribution is 2.25. The highest BCUT2D eigenvalue weighted by atomic mass is 16.4. The van der Waals surface area contributed by atoms with E-state index in [0.717, 1.165) is 5.56 Å². The molecule has 0 saturated carbocycles. The van der Waals surface area contributed by atoms with Crippen LogP contribution in [0.5, 0.6) is 0 Å². The third kappa shape index (κ3) is 4.59. The smallest absolute Gasteiger partial charge is 0.326 e. The van der Waals surface area contributed by atoms with Gasteiger partial charge in [-0.15, -0.1) is 0 Å². The van der Waals surface area contributed by atoms with Crippen molar-refractivity contribution >= 4 is 17.8 Å². The van der Waals surface area contributed by atoms with Crippen molar-refractivity contribution in [1.82, 2.24) is 5.32 Å². The minimum atomic E-state index is -1.33. The van der Waals surface area contributed by atoms with Crippen LogP contribution >= 0.6 is 0 Å². The minimum absolute atomic E-state index is 0.268. The fraction of sp³-hybridized carbons (Fsp3) is 0.400. The first-order valence-electron chi connectivity index (χ1n) is 6.54. The summed E-state index contributed by atoms with van der Waals surface area (Å²) in [4.78, 5) is 34.2. The molecule has 0 spiro atoms. The van der Waals surface area contributed by atoms with Crippen LogP contribution in [-0.4, -0.2) is 28.9 Å². The molecule has 0 bridgehead atoms. The summed E-state index contributed by atoms with van der Waals surface area (Å²) in [7, 11) is 0. The molecule has 0 aromatic heterocycles. The summed E-state index contributed by atoms with van der Waals surface area (Å²) in [6, 6.07) is 5.63. The Hall–Kier alpha value is -2.37. The van der Waals surface area contributed by atoms with Crippen molar-refractivity contribution in [3.8, 4) is 0 Å². The Balaban J connectivity index is 3.04. The normalized spacial score (nSPS) is 12.5. The highest BCUT2D eigenvalue weighted by Gasteiger charge is 2.26. The fourth-order valence-electron chi connectivity index (χ4n) is 1.97. The molecule has 0 fully saturated rings. The Kier molecular flexibility index (Phi) is 5.07. The molecule has 1 atom stereocenters. The number of aliphatic carboxylic acids is 1. The maximum atomic E-state index is 12.3. The molecule has 0 aliphatic heterocycles. The standard InChI is InChI=1S/C15H20N2O4/c1-15(2,3)10-7-5-4-6-9(10)13(19)17-11(14(20)21)8-12(16)18/h4-7,11H,8H2,1-3H3,(H2,16,18)(H,17,19)(H,20,21)/t11-/m0/s1. The maximum absolute atomic E-state index is 12.3. The van der Waals surface area contributed by atoms with Crippen LogP contribution in [0.15, 0.2) is 24.3 Å². The molecule has 0 heterocycles. The average molecular weight is 292 g/mol. The number of carbonyl (C=O) groups excluding carboxylic acids is 2. The molecule has 1 aromatic rings. The van der Waals surface area contributed by atoms with Crippen molar-refractivity contribution in [3.63, 3.8) is 0 Å². The van der Waals surface area contributed by atoms with Gasteiger partial charge >= 0.3 is 5.97 Å². The van der Waals surface area contributed by atoms with Crippen LogP contribution in [0, 0.1) is 0 Å². The number of primary amides is 1. The number of rotatable bonds is 5. The van der Waals surface area contributed by atoms with Crippen molar-refractivity contribution in [3.05, 3.63) is 35.4 Å². The maximum Gasteiger partial charge on any atom is 0.326 e. The summed E-state index contributed by atoms with van der Waals surface area (Å²) in [6.07, 6.45) is -0.446. The van der Waals surface area contributed by atoms with Crippen LogP contribution in [0.2, 0.25) is 0 Å². The summed E-state index contributed by atoms with van der Waals surface area (Å²) in [5.74, 6) is -2.61. The molecule has 2 amide bonds. The Morgan fingerprint density at radius 1 is 1.24 bits per heavy atom. The van der Waals surface area contributed by atoms with E-state index in [1.165, 1.54) is 0 Å². The van der Waals surface area contributed by atoms with Gasteiger partial charge in [-0.3, -0.25) is 9.59 Å². The lowest BCUT2D eigenvalue weighted by atomic mass is 9.83. The predicted octanol–water partition coefficient (Wildman–Crippen LogP) is 1.04. The van der Waals surface area contributed by atoms with Crippen molar-refractivity contribution in [2.45, 2.75) is 38.6 Å². The quantitative estimate of drug-likeness (QED) is 0.753. The molecular weight excluding hydrogens is 272 g/mol. The van der Waals surface area contributed by atoms with Crippen LogP contribution in [-0.2, 0) is 15.0 Å². The SMILES string of the molecule is CC(C)(C)c1ccccc1C(=O)N[C@@H](CC(N)=O)C(=O)O. The van der Waals surface area contributed by atoms with Crippen LogP contribution < -0.4 is 11.1 Å². The highest BCUT2D eigenvalue weighted by molar-refractivity contribution is 5.99. The Bertz CT molecular complexity index is 561. The van der Waals surface area contributed by atoms with Crippen molar-refractivity contribution in [2.24, 2.45) is 5.73 Å². The number of carboxylic acid groups (broad SMARTS) is 1. The molecule has 6 heteroatoms. The molecule has 0 saturated heterocycles. The van der Waals surface area contributed by atoms with E-state index in [1.54, 1.807) is 12.1 Å². The fourth-order valence-corrected chi connectivity index (χ4v) is 1.97. The number of nitrogens with two attached hydrogens (primary N) is 1. The van der Waals surface area contributed by atoms with Crippen LogP contribution in [0.3, 0.4) is 0 Å². The van der Waals surface area contributed by atoms with Gasteiger partial charge in [0.25, 0.3) is 5.91 Å². The molecule has 1 rings (SSSR count). The monoisotopic (exact) mass is 292 g/mol. The van der Waals surface area contributed by atoms with E-state index < -0.39 is 30.2 Å². The van der Waals surface area contributed by atoms with Gasteiger partial charge in [0.05, 0.1) is 6.42 Å². The summed E-state index contributed by atoms with van der Waals surface area (Å²) in [5.41, 5.74) is 5.91. The topological polar surface area (TPSA) is 109 Å². The van der Waals surface area contributed by atoms with Gasteiger partial charge in [-0.2, -0.15) is 0 Å². The molecule has 0 unspecified atom stereocenters. The van der Waals surface area contributed by atoms with Gasteiger partial charge in [-0.05, 0) is 17.0 Å². The van der Waals surface area contributed by atoms with Crippen LogP contribution in [0.4, 0.5) is 0 Å². The molecule has 4 N–H and O–H groups in total. The van der Waals surface area contributed by atoms with Gasteiger partial charge in [0, 0.05) is 5.56 Å². The van der Waals surface area contributed by atoms with E-state index >= 15 is 0 Å². The van der Waals surface area contributed by atoms with Gasteiger partial charge < -0.3 is 16.2 Å². The largest absolute Gasteiger partial charge is 0.480 e. The summed E-state index contributed by atoms with van der Waals surface area (Å²) >= 11 is 0. The van der Waals surface area contributed by atoms with E-state index in [9.17, 15) is 14.4 Å². The van der Waals surface area contributed by atoms with Gasteiger partial charge in [0.2, 0.25) is 5.91 Å². The van der Waals surface area contributed by atoms with Crippen molar-refractivity contribution in [2.75, 3.05) is 0 Å². The van der Waals surface area contributed by atoms with Crippen LogP contribution in [0.25, 0.3) is 0 Å². The number of carboxylic acids is 1. The molecule has 0 aliphatic carbocycles. The van der Waals surface area contributed by atoms with E-state index in [2.05, 4.69) is 5.32 Å². The Morgan fingerprint density at radius 3 is 2.29 bits per heavy atom. The lowest BCUT2D eigenvalue weighted by Crippen LogP contribution is -2.43. The molecular formula is C15H20N2O4. The van der Waals surface area contributed by atoms with E-state index in [4.69, 9.17) is 10.8 Å². The summed E-state index contributed by atoms with van der Waals surface area (Å²) in [5, 5.41) is 11.4. The number of hydrogen-bond acceptors (Lipinski definition) is 3. The minimum Gasteiger partial charge on any atom is -0.480 e. The lowest BCUT2D eigenvalue weighted by Gasteiger charge is -2.23. The zero-order valence-corrected chi connectivity index (χ0v) is 12.3. The molecule has 114 valence electrons. The number of benzene rings is 1. The Labute approximate surface area is 123 Å². The summed E-state index contributed by atoms with van der Waals surface area (Å²) < 4.78 is 0. The number of nitrogens with one attached hydrogen (secondary N) is 1. The first kappa shape index (κ1) is 16.7. The first-order chi connectivity index (χ1) is 9.62. The van der Waals surface area contributed by atoms with E-state index in [-0.39, 0.29) is 5.41 Å². The van der Waals surface area contributed by atoms with Gasteiger partial charge in [0.15, 0.2) is 0 Å². The van der Waals surface area contributed by atoms with Gasteiger partial charge in [-0.25, -0.2) is 4.79 Å². The van der Waals surface area contributed by atoms with Gasteiger partial charge in [0.1, 0.15) is 6.04 Å². The molecule has 21 heavy (non-hydrogen) atoms. The second kappa shape index (κ2) is 6.39. The Morgan fingerprint density at radius 2 is 1.81 bits per heavy atom. The van der Waals surface area contributed by atoms with Crippen LogP contribution in [0.1, 0.15) is 43.1 Å². The first-order valence-corrected chi connectivity index (χ1v) is 6.54. The predicted molar refractivity (Wildman–Crippen MR) is 77.8 cm³/mol. The molecule has 6 nitrogen and oxygen atoms in total. The van der Waals surface area contributed by atoms with Crippen molar-refractivity contribution < 1.29 is 19.5 Å². The van der Waals surface area contributed by atoms with Gasteiger partial charge in [-0.1, -0.05) is 39.0 Å². The zero-order valence-electron chi connectivity index (χ0n) is 12.3. The molecule has 1 aromatic carbocycles. The van der Waals surface area contributed by atoms with Crippen molar-refractivity contribution in [1.29, 1.82) is 0 Å². The number of carbonyl (C=O) groups is 3. The van der Waals surface area contributed by atoms with E-state index in [0.29, 0.717) is 5.56 Å². The number of amides is 2. The second-order valence-electron chi connectivity index (χ2n) is 5.83. The zero-order chi connectivity index (χ0) is 16.2. The third-order valence-electron chi connectivity index (χ3n) is 2.99. The molecule has 0 aliphatic rings. The average Bonchev–Trinajstić information content (AvgIpc) is 2.36.